The predicted octanol–water partition coefficient (Wildman–Crippen LogP) is 4.01. The highest BCUT2D eigenvalue weighted by molar-refractivity contribution is 6.13. The van der Waals surface area contributed by atoms with Crippen LogP contribution >= 0.6 is 0 Å². The van der Waals surface area contributed by atoms with E-state index < -0.39 is 11.4 Å². The zero-order chi connectivity index (χ0) is 20.4. The fourth-order valence-electron chi connectivity index (χ4n) is 4.34. The maximum absolute atomic E-state index is 14.1. The summed E-state index contributed by atoms with van der Waals surface area (Å²) in [6.07, 6.45) is 4.41. The first kappa shape index (κ1) is 19.1. The molecule has 2 aliphatic rings. The van der Waals surface area contributed by atoms with Crippen molar-refractivity contribution in [3.05, 3.63) is 106 Å². The highest BCUT2D eigenvalue weighted by Gasteiger charge is 2.52. The van der Waals surface area contributed by atoms with E-state index in [1.807, 2.05) is 66.7 Å². The summed E-state index contributed by atoms with van der Waals surface area (Å²) >= 11 is 0. The SMILES string of the molecule is CC(=O)OC1=C2C(=O)C(c3ccccc3)(c3ccccc3)CC2=C(CO)CC=C1. The number of hydrogen-bond acceptors (Lipinski definition) is 4. The van der Waals surface area contributed by atoms with Gasteiger partial charge in [0, 0.05) is 6.92 Å². The summed E-state index contributed by atoms with van der Waals surface area (Å²) in [7, 11) is 0. The Morgan fingerprint density at radius 1 is 1.03 bits per heavy atom. The minimum atomic E-state index is -0.926. The van der Waals surface area contributed by atoms with Gasteiger partial charge in [0.2, 0.25) is 0 Å². The highest BCUT2D eigenvalue weighted by atomic mass is 16.5. The molecule has 0 aromatic heterocycles. The van der Waals surface area contributed by atoms with E-state index in [2.05, 4.69) is 0 Å². The molecule has 1 saturated carbocycles. The number of carbonyl (C=O) groups is 2. The van der Waals surface area contributed by atoms with E-state index in [0.717, 1.165) is 22.3 Å². The molecule has 0 unspecified atom stereocenters. The van der Waals surface area contributed by atoms with Crippen LogP contribution in [0.3, 0.4) is 0 Å². The molecule has 4 nitrogen and oxygen atoms in total. The van der Waals surface area contributed by atoms with Crippen molar-refractivity contribution >= 4 is 11.8 Å². The maximum atomic E-state index is 14.1. The fourth-order valence-corrected chi connectivity index (χ4v) is 4.34. The van der Waals surface area contributed by atoms with Crippen LogP contribution < -0.4 is 0 Å². The molecular weight excluding hydrogens is 364 g/mol. The Labute approximate surface area is 169 Å². The molecule has 0 spiro atoms. The van der Waals surface area contributed by atoms with Gasteiger partial charge in [-0.05, 0) is 41.2 Å². The molecule has 0 heterocycles. The molecule has 0 saturated heterocycles. The van der Waals surface area contributed by atoms with Crippen molar-refractivity contribution in [1.29, 1.82) is 0 Å². The standard InChI is InChI=1S/C25H22O4/c1-17(27)29-22-14-8-9-18(16-26)21-15-25(24(28)23(21)22,19-10-4-2-5-11-19)20-12-6-3-7-13-20/h2-8,10-14,26H,9,15-16H2,1H3. The number of aliphatic hydroxyl groups excluding tert-OH is 1. The van der Waals surface area contributed by atoms with E-state index in [9.17, 15) is 14.7 Å². The van der Waals surface area contributed by atoms with Gasteiger partial charge in [-0.2, -0.15) is 0 Å². The number of fused-ring (bicyclic) bond motifs is 1. The molecule has 0 atom stereocenters. The van der Waals surface area contributed by atoms with Crippen LogP contribution in [0.5, 0.6) is 0 Å². The van der Waals surface area contributed by atoms with Crippen molar-refractivity contribution in [3.63, 3.8) is 0 Å². The summed E-state index contributed by atoms with van der Waals surface area (Å²) in [4.78, 5) is 25.8. The molecule has 2 aromatic carbocycles. The molecule has 1 fully saturated rings. The molecule has 4 heteroatoms. The second-order valence-corrected chi connectivity index (χ2v) is 7.32. The molecule has 0 bridgehead atoms. The normalized spacial score (nSPS) is 17.9. The summed E-state index contributed by atoms with van der Waals surface area (Å²) < 4.78 is 5.43. The molecule has 2 aromatic rings. The Hall–Kier alpha value is -3.24. The van der Waals surface area contributed by atoms with E-state index in [1.54, 1.807) is 6.08 Å². The molecule has 0 amide bonds. The monoisotopic (exact) mass is 386 g/mol. The number of hydrogen-bond donors (Lipinski definition) is 1. The lowest BCUT2D eigenvalue weighted by Gasteiger charge is -2.28. The van der Waals surface area contributed by atoms with Crippen molar-refractivity contribution in [2.24, 2.45) is 0 Å². The topological polar surface area (TPSA) is 63.6 Å². The summed E-state index contributed by atoms with van der Waals surface area (Å²) in [5.41, 5.74) is 2.78. The largest absolute Gasteiger partial charge is 0.426 e. The average Bonchev–Trinajstić information content (AvgIpc) is 2.94. The number of Topliss-reactive ketones (excluding diaryl/α,β-unsaturated/α-hetero) is 1. The number of esters is 1. The molecule has 146 valence electrons. The van der Waals surface area contributed by atoms with Crippen molar-refractivity contribution in [3.8, 4) is 0 Å². The predicted molar refractivity (Wildman–Crippen MR) is 110 cm³/mol. The number of allylic oxidation sites excluding steroid dienone is 4. The van der Waals surface area contributed by atoms with Crippen LogP contribution in [0.2, 0.25) is 0 Å². The zero-order valence-corrected chi connectivity index (χ0v) is 16.2. The molecule has 0 aliphatic heterocycles. The van der Waals surface area contributed by atoms with E-state index in [-0.39, 0.29) is 18.1 Å². The lowest BCUT2D eigenvalue weighted by atomic mass is 9.72. The Morgan fingerprint density at radius 2 is 1.62 bits per heavy atom. The van der Waals surface area contributed by atoms with E-state index in [1.165, 1.54) is 6.92 Å². The Bertz CT molecular complexity index is 1000. The number of carbonyl (C=O) groups excluding carboxylic acids is 2. The first-order chi connectivity index (χ1) is 14.1. The van der Waals surface area contributed by atoms with Crippen LogP contribution in [0.25, 0.3) is 0 Å². The first-order valence-corrected chi connectivity index (χ1v) is 9.65. The third-order valence-corrected chi connectivity index (χ3v) is 5.64. The summed E-state index contributed by atoms with van der Waals surface area (Å²) in [5.74, 6) is -0.331. The van der Waals surface area contributed by atoms with Gasteiger partial charge in [0.15, 0.2) is 5.78 Å². The number of ether oxygens (including phenoxy) is 1. The molecule has 2 aliphatic carbocycles. The van der Waals surface area contributed by atoms with Gasteiger partial charge >= 0.3 is 5.97 Å². The lowest BCUT2D eigenvalue weighted by molar-refractivity contribution is -0.136. The van der Waals surface area contributed by atoms with Crippen molar-refractivity contribution in [2.75, 3.05) is 6.61 Å². The van der Waals surface area contributed by atoms with Crippen LogP contribution in [0, 0.1) is 0 Å². The maximum Gasteiger partial charge on any atom is 0.308 e. The average molecular weight is 386 g/mol. The fraction of sp³-hybridized carbons (Fsp3) is 0.200. The van der Waals surface area contributed by atoms with Gasteiger partial charge in [-0.25, -0.2) is 0 Å². The van der Waals surface area contributed by atoms with E-state index in [0.29, 0.717) is 18.4 Å². The number of ketones is 1. The number of aliphatic hydroxyl groups is 1. The van der Waals surface area contributed by atoms with Crippen LogP contribution in [0.4, 0.5) is 0 Å². The summed E-state index contributed by atoms with van der Waals surface area (Å²) in [6, 6.07) is 19.3. The first-order valence-electron chi connectivity index (χ1n) is 9.65. The van der Waals surface area contributed by atoms with Crippen LogP contribution in [-0.2, 0) is 19.7 Å². The van der Waals surface area contributed by atoms with Gasteiger partial charge in [-0.1, -0.05) is 66.7 Å². The second-order valence-electron chi connectivity index (χ2n) is 7.32. The van der Waals surface area contributed by atoms with E-state index >= 15 is 0 Å². The quantitative estimate of drug-likeness (QED) is 0.807. The van der Waals surface area contributed by atoms with Gasteiger partial charge < -0.3 is 9.84 Å². The lowest BCUT2D eigenvalue weighted by Crippen LogP contribution is -2.33. The zero-order valence-electron chi connectivity index (χ0n) is 16.2. The van der Waals surface area contributed by atoms with E-state index in [4.69, 9.17) is 4.74 Å². The molecule has 4 rings (SSSR count). The van der Waals surface area contributed by atoms with Gasteiger partial charge in [-0.15, -0.1) is 0 Å². The number of rotatable bonds is 4. The Kier molecular flexibility index (Phi) is 5.03. The van der Waals surface area contributed by atoms with Crippen molar-refractivity contribution in [2.45, 2.75) is 25.2 Å². The second kappa shape index (κ2) is 7.64. The molecular formula is C25H22O4. The Balaban J connectivity index is 2.03. The van der Waals surface area contributed by atoms with Gasteiger partial charge in [0.05, 0.1) is 17.6 Å². The smallest absolute Gasteiger partial charge is 0.308 e. The minimum Gasteiger partial charge on any atom is -0.426 e. The highest BCUT2D eigenvalue weighted by Crippen LogP contribution is 2.51. The van der Waals surface area contributed by atoms with Gasteiger partial charge in [0.1, 0.15) is 5.76 Å². The van der Waals surface area contributed by atoms with Crippen LogP contribution in [-0.4, -0.2) is 23.5 Å². The summed E-state index contributed by atoms with van der Waals surface area (Å²) in [6.45, 7) is 1.17. The van der Waals surface area contributed by atoms with Gasteiger partial charge in [0.25, 0.3) is 0 Å². The molecule has 29 heavy (non-hydrogen) atoms. The van der Waals surface area contributed by atoms with Crippen molar-refractivity contribution < 1.29 is 19.4 Å². The van der Waals surface area contributed by atoms with Crippen LogP contribution in [0.15, 0.2) is 95.3 Å². The molecule has 0 radical (unpaired) electrons. The third kappa shape index (κ3) is 3.15. The Morgan fingerprint density at radius 3 is 2.14 bits per heavy atom. The molecule has 1 N–H and O–H groups in total. The third-order valence-electron chi connectivity index (χ3n) is 5.64. The van der Waals surface area contributed by atoms with Crippen molar-refractivity contribution in [1.82, 2.24) is 0 Å². The minimum absolute atomic E-state index is 0.112. The number of benzene rings is 2. The summed E-state index contributed by atoms with van der Waals surface area (Å²) in [5, 5.41) is 10.00. The van der Waals surface area contributed by atoms with Crippen LogP contribution in [0.1, 0.15) is 30.9 Å². The van der Waals surface area contributed by atoms with Gasteiger partial charge in [-0.3, -0.25) is 9.59 Å².